The fourth-order valence-corrected chi connectivity index (χ4v) is 4.56. The summed E-state index contributed by atoms with van der Waals surface area (Å²) in [5.41, 5.74) is -0.690. The van der Waals surface area contributed by atoms with Gasteiger partial charge in [0.05, 0.1) is 23.4 Å². The molecule has 1 amide bonds. The monoisotopic (exact) mass is 539 g/mol. The molecule has 1 heterocycles. The van der Waals surface area contributed by atoms with Crippen molar-refractivity contribution in [2.45, 2.75) is 44.4 Å². The van der Waals surface area contributed by atoms with E-state index in [0.29, 0.717) is 11.3 Å². The normalized spacial score (nSPS) is 11.7. The Morgan fingerprint density at radius 1 is 1.03 bits per heavy atom. The molecule has 0 spiro atoms. The summed E-state index contributed by atoms with van der Waals surface area (Å²) in [6, 6.07) is 10.7. The largest absolute Gasteiger partial charge is 0.497 e. The Kier molecular flexibility index (Phi) is 8.26. The molecule has 0 unspecified atom stereocenters. The highest BCUT2D eigenvalue weighted by molar-refractivity contribution is 7.90. The second-order valence-corrected chi connectivity index (χ2v) is 9.39. The fourth-order valence-electron chi connectivity index (χ4n) is 3.29. The molecular formula is C24H24F3N3O6S. The number of methoxy groups -OCH3 is 1. The number of sulfonamides is 1. The molecule has 0 saturated carbocycles. The third-order valence-electron chi connectivity index (χ3n) is 5.21. The number of carbonyl (C=O) groups is 2. The molecule has 1 N–H and O–H groups in total. The van der Waals surface area contributed by atoms with Crippen molar-refractivity contribution in [3.8, 4) is 22.7 Å². The van der Waals surface area contributed by atoms with Crippen LogP contribution in [-0.2, 0) is 37.1 Å². The second-order valence-electron chi connectivity index (χ2n) is 7.74. The lowest BCUT2D eigenvalue weighted by Gasteiger charge is -2.15. The smallest absolute Gasteiger partial charge is 0.435 e. The standard InChI is InChI=1S/C24H24F3N3O6S/c1-4-22(31)29-37(33,34)20-11-8-17(12-16(20)14-36-23(32)5-2)30-19(13-21(28-30)24(25,26)27)15-6-9-18(35-3)10-7-15/h6-13H,4-5,14H2,1-3H3,(H,29,31). The van der Waals surface area contributed by atoms with Crippen molar-refractivity contribution in [3.05, 3.63) is 59.8 Å². The summed E-state index contributed by atoms with van der Waals surface area (Å²) < 4.78 is 79.4. The predicted octanol–water partition coefficient (Wildman–Crippen LogP) is 4.23. The minimum Gasteiger partial charge on any atom is -0.497 e. The number of aromatic nitrogens is 2. The highest BCUT2D eigenvalue weighted by Crippen LogP contribution is 2.34. The van der Waals surface area contributed by atoms with Crippen molar-refractivity contribution in [1.29, 1.82) is 0 Å². The van der Waals surface area contributed by atoms with Gasteiger partial charge in [0.25, 0.3) is 10.0 Å². The highest BCUT2D eigenvalue weighted by atomic mass is 32.2. The fraction of sp³-hybridized carbons (Fsp3) is 0.292. The van der Waals surface area contributed by atoms with E-state index < -0.39 is 40.4 Å². The molecule has 0 bridgehead atoms. The molecule has 3 rings (SSSR count). The van der Waals surface area contributed by atoms with Crippen LogP contribution in [0.3, 0.4) is 0 Å². The number of esters is 1. The Balaban J connectivity index is 2.18. The molecule has 2 aromatic carbocycles. The van der Waals surface area contributed by atoms with Gasteiger partial charge in [-0.2, -0.15) is 18.3 Å². The van der Waals surface area contributed by atoms with Crippen molar-refractivity contribution in [2.75, 3.05) is 7.11 Å². The quantitative estimate of drug-likeness (QED) is 0.405. The molecule has 198 valence electrons. The molecule has 0 fully saturated rings. The van der Waals surface area contributed by atoms with Crippen molar-refractivity contribution in [3.63, 3.8) is 0 Å². The minimum absolute atomic E-state index is 0.0179. The van der Waals surface area contributed by atoms with Gasteiger partial charge in [-0.15, -0.1) is 0 Å². The van der Waals surface area contributed by atoms with Crippen molar-refractivity contribution >= 4 is 21.9 Å². The molecule has 0 radical (unpaired) electrons. The van der Waals surface area contributed by atoms with Crippen LogP contribution in [0.25, 0.3) is 16.9 Å². The number of halogens is 3. The third-order valence-corrected chi connectivity index (χ3v) is 6.68. The van der Waals surface area contributed by atoms with Crippen molar-refractivity contribution < 1.29 is 40.7 Å². The van der Waals surface area contributed by atoms with Crippen LogP contribution < -0.4 is 9.46 Å². The molecule has 0 aliphatic heterocycles. The Hall–Kier alpha value is -3.87. The summed E-state index contributed by atoms with van der Waals surface area (Å²) in [5.74, 6) is -0.887. The van der Waals surface area contributed by atoms with E-state index in [1.807, 2.05) is 4.72 Å². The third kappa shape index (κ3) is 6.47. The maximum atomic E-state index is 13.6. The summed E-state index contributed by atoms with van der Waals surface area (Å²) in [7, 11) is -2.91. The number of amides is 1. The highest BCUT2D eigenvalue weighted by Gasteiger charge is 2.35. The van der Waals surface area contributed by atoms with E-state index in [0.717, 1.165) is 16.8 Å². The van der Waals surface area contributed by atoms with Crippen LogP contribution in [0, 0.1) is 0 Å². The molecule has 1 aromatic heterocycles. The van der Waals surface area contributed by atoms with Crippen LogP contribution >= 0.6 is 0 Å². The van der Waals surface area contributed by atoms with Gasteiger partial charge in [0.2, 0.25) is 5.91 Å². The van der Waals surface area contributed by atoms with E-state index in [2.05, 4.69) is 5.10 Å². The van der Waals surface area contributed by atoms with Crippen molar-refractivity contribution in [1.82, 2.24) is 14.5 Å². The van der Waals surface area contributed by atoms with E-state index in [4.69, 9.17) is 9.47 Å². The number of hydrogen-bond acceptors (Lipinski definition) is 7. The van der Waals surface area contributed by atoms with E-state index in [1.165, 1.54) is 26.2 Å². The first-order valence-electron chi connectivity index (χ1n) is 11.1. The Bertz CT molecular complexity index is 1400. The first-order valence-corrected chi connectivity index (χ1v) is 12.5. The lowest BCUT2D eigenvalue weighted by molar-refractivity contribution is -0.144. The zero-order valence-electron chi connectivity index (χ0n) is 20.1. The molecule has 3 aromatic rings. The van der Waals surface area contributed by atoms with Gasteiger partial charge in [0, 0.05) is 24.0 Å². The van der Waals surface area contributed by atoms with Crippen LogP contribution in [0.5, 0.6) is 5.75 Å². The number of carbonyl (C=O) groups excluding carboxylic acids is 2. The van der Waals surface area contributed by atoms with Gasteiger partial charge in [0.1, 0.15) is 12.4 Å². The maximum absolute atomic E-state index is 13.6. The Morgan fingerprint density at radius 3 is 2.27 bits per heavy atom. The molecule has 9 nitrogen and oxygen atoms in total. The number of nitrogens with one attached hydrogen (secondary N) is 1. The molecule has 0 saturated heterocycles. The number of alkyl halides is 3. The van der Waals surface area contributed by atoms with Gasteiger partial charge >= 0.3 is 12.1 Å². The number of nitrogens with zero attached hydrogens (tertiary/aromatic N) is 2. The molecule has 37 heavy (non-hydrogen) atoms. The first kappa shape index (κ1) is 27.7. The maximum Gasteiger partial charge on any atom is 0.435 e. The van der Waals surface area contributed by atoms with E-state index in [1.54, 1.807) is 31.2 Å². The summed E-state index contributed by atoms with van der Waals surface area (Å²) in [4.78, 5) is 23.1. The number of hydrogen-bond donors (Lipinski definition) is 1. The second kappa shape index (κ2) is 11.0. The molecule has 13 heteroatoms. The average molecular weight is 540 g/mol. The van der Waals surface area contributed by atoms with E-state index in [-0.39, 0.29) is 34.7 Å². The molecule has 0 aliphatic carbocycles. The molecule has 0 atom stereocenters. The van der Waals surface area contributed by atoms with Crippen LogP contribution in [0.2, 0.25) is 0 Å². The summed E-state index contributed by atoms with van der Waals surface area (Å²) in [6.45, 7) is 2.51. The first-order chi connectivity index (χ1) is 17.4. The van der Waals surface area contributed by atoms with Gasteiger partial charge in [-0.3, -0.25) is 9.59 Å². The van der Waals surface area contributed by atoms with Crippen LogP contribution in [-0.4, -0.2) is 37.2 Å². The number of rotatable bonds is 9. The SMILES string of the molecule is CCC(=O)NS(=O)(=O)c1ccc(-n2nc(C(F)(F)F)cc2-c2ccc(OC)cc2)cc1COC(=O)CC. The molecular weight excluding hydrogens is 515 g/mol. The number of ether oxygens (including phenoxy) is 2. The van der Waals surface area contributed by atoms with Crippen molar-refractivity contribution in [2.24, 2.45) is 0 Å². The van der Waals surface area contributed by atoms with Gasteiger partial charge < -0.3 is 9.47 Å². The van der Waals surface area contributed by atoms with Gasteiger partial charge in [-0.1, -0.05) is 13.8 Å². The lowest BCUT2D eigenvalue weighted by Crippen LogP contribution is -2.30. The Labute approximate surface area is 211 Å². The lowest BCUT2D eigenvalue weighted by atomic mass is 10.1. The molecule has 0 aliphatic rings. The number of benzene rings is 2. The average Bonchev–Trinajstić information content (AvgIpc) is 3.33. The van der Waals surface area contributed by atoms with Gasteiger partial charge in [0.15, 0.2) is 5.69 Å². The zero-order chi connectivity index (χ0) is 27.4. The Morgan fingerprint density at radius 2 is 1.70 bits per heavy atom. The minimum atomic E-state index is -4.75. The van der Waals surface area contributed by atoms with E-state index in [9.17, 15) is 31.2 Å². The van der Waals surface area contributed by atoms with Crippen LogP contribution in [0.1, 0.15) is 37.9 Å². The van der Waals surface area contributed by atoms with Gasteiger partial charge in [-0.05, 0) is 48.5 Å². The topological polar surface area (TPSA) is 117 Å². The van der Waals surface area contributed by atoms with Gasteiger partial charge in [-0.25, -0.2) is 17.8 Å². The van der Waals surface area contributed by atoms with E-state index >= 15 is 0 Å². The summed E-state index contributed by atoms with van der Waals surface area (Å²) in [5, 5.41) is 3.71. The predicted molar refractivity (Wildman–Crippen MR) is 126 cm³/mol. The zero-order valence-corrected chi connectivity index (χ0v) is 20.9. The summed E-state index contributed by atoms with van der Waals surface area (Å²) in [6.07, 6.45) is -4.83. The van der Waals surface area contributed by atoms with Crippen LogP contribution in [0.4, 0.5) is 13.2 Å². The summed E-state index contributed by atoms with van der Waals surface area (Å²) >= 11 is 0. The van der Waals surface area contributed by atoms with Crippen LogP contribution in [0.15, 0.2) is 53.4 Å².